The molecule has 6 N–H and O–H groups in total. The number of nitrogens with one attached hydrogen (secondary N) is 6. The summed E-state index contributed by atoms with van der Waals surface area (Å²) in [7, 11) is 0. The molecule has 172 valence electrons. The van der Waals surface area contributed by atoms with Crippen molar-refractivity contribution in [2.75, 3.05) is 16.0 Å². The lowest BCUT2D eigenvalue weighted by atomic mass is 9.81. The van der Waals surface area contributed by atoms with E-state index in [0.717, 1.165) is 5.69 Å². The van der Waals surface area contributed by atoms with E-state index in [1.165, 1.54) is 6.92 Å². The molecule has 33 heavy (non-hydrogen) atoms. The molecule has 4 rings (SSSR count). The van der Waals surface area contributed by atoms with E-state index in [4.69, 9.17) is 11.6 Å². The molecule has 0 spiro atoms. The summed E-state index contributed by atoms with van der Waals surface area (Å²) in [6.07, 6.45) is -1.48. The van der Waals surface area contributed by atoms with E-state index in [-0.39, 0.29) is 24.1 Å². The number of anilines is 3. The fourth-order valence-electron chi connectivity index (χ4n) is 3.94. The molecule has 2 aliphatic rings. The first-order chi connectivity index (χ1) is 15.8. The van der Waals surface area contributed by atoms with Crippen LogP contribution in [0.25, 0.3) is 0 Å². The maximum Gasteiger partial charge on any atom is 0.229 e. The summed E-state index contributed by atoms with van der Waals surface area (Å²) in [6.45, 7) is 1.40. The number of rotatable bonds is 5. The number of amides is 4. The van der Waals surface area contributed by atoms with Crippen molar-refractivity contribution in [3.05, 3.63) is 53.6 Å². The minimum atomic E-state index is -0.859. The number of hydrogen-bond acceptors (Lipinski definition) is 6. The van der Waals surface area contributed by atoms with Crippen LogP contribution in [0.2, 0.25) is 5.02 Å². The number of fused-ring (bicyclic) bond motifs is 1. The van der Waals surface area contributed by atoms with Crippen LogP contribution in [0.4, 0.5) is 17.1 Å². The SMILES string of the molecule is CC(=O)Nc1ccc(NC(=O)C2CC(=O)NC3NC(Nc4ccc(Cl)cc4)NC(=O)C32)cc1. The maximum atomic E-state index is 13.0. The molecule has 10 nitrogen and oxygen atoms in total. The van der Waals surface area contributed by atoms with E-state index in [0.29, 0.717) is 16.4 Å². The van der Waals surface area contributed by atoms with Crippen LogP contribution in [0.15, 0.2) is 48.5 Å². The van der Waals surface area contributed by atoms with E-state index >= 15 is 0 Å². The van der Waals surface area contributed by atoms with Gasteiger partial charge in [0.1, 0.15) is 0 Å². The number of carbonyl (C=O) groups excluding carboxylic acids is 4. The number of piperidine rings is 1. The number of benzene rings is 2. The summed E-state index contributed by atoms with van der Waals surface area (Å²) < 4.78 is 0. The van der Waals surface area contributed by atoms with Gasteiger partial charge in [0.05, 0.1) is 18.0 Å². The highest BCUT2D eigenvalue weighted by atomic mass is 35.5. The van der Waals surface area contributed by atoms with Gasteiger partial charge in [-0.25, -0.2) is 0 Å². The Balaban J connectivity index is 1.43. The van der Waals surface area contributed by atoms with Gasteiger partial charge in [0, 0.05) is 35.4 Å². The Hall–Kier alpha value is -3.63. The van der Waals surface area contributed by atoms with Gasteiger partial charge in [-0.3, -0.25) is 24.5 Å². The third-order valence-corrected chi connectivity index (χ3v) is 5.67. The average molecular weight is 471 g/mol. The molecule has 0 saturated carbocycles. The van der Waals surface area contributed by atoms with Gasteiger partial charge in [-0.2, -0.15) is 0 Å². The Morgan fingerprint density at radius 2 is 1.52 bits per heavy atom. The van der Waals surface area contributed by atoms with Gasteiger partial charge in [0.15, 0.2) is 6.29 Å². The first-order valence-electron chi connectivity index (χ1n) is 10.3. The second kappa shape index (κ2) is 9.47. The van der Waals surface area contributed by atoms with Gasteiger partial charge < -0.3 is 26.6 Å². The lowest BCUT2D eigenvalue weighted by Gasteiger charge is -2.43. The summed E-state index contributed by atoms with van der Waals surface area (Å²) >= 11 is 5.90. The Kier molecular flexibility index (Phi) is 6.47. The molecular weight excluding hydrogens is 448 g/mol. The fourth-order valence-corrected chi connectivity index (χ4v) is 4.07. The fraction of sp³-hybridized carbons (Fsp3) is 0.273. The van der Waals surface area contributed by atoms with Crippen molar-refractivity contribution in [3.8, 4) is 0 Å². The lowest BCUT2D eigenvalue weighted by molar-refractivity contribution is -0.144. The van der Waals surface area contributed by atoms with E-state index in [9.17, 15) is 19.2 Å². The van der Waals surface area contributed by atoms with Gasteiger partial charge in [0.25, 0.3) is 0 Å². The van der Waals surface area contributed by atoms with Crippen LogP contribution < -0.4 is 31.9 Å². The molecule has 4 unspecified atom stereocenters. The van der Waals surface area contributed by atoms with Crippen LogP contribution in [0.5, 0.6) is 0 Å². The van der Waals surface area contributed by atoms with Crippen molar-refractivity contribution in [1.82, 2.24) is 16.0 Å². The quantitative estimate of drug-likeness (QED) is 0.390. The van der Waals surface area contributed by atoms with Gasteiger partial charge in [-0.15, -0.1) is 0 Å². The normalized spacial score (nSPS) is 24.1. The molecule has 2 saturated heterocycles. The van der Waals surface area contributed by atoms with E-state index < -0.39 is 30.2 Å². The van der Waals surface area contributed by atoms with Crippen LogP contribution in [0.3, 0.4) is 0 Å². The summed E-state index contributed by atoms with van der Waals surface area (Å²) in [5, 5.41) is 17.8. The Morgan fingerprint density at radius 1 is 0.909 bits per heavy atom. The first-order valence-corrected chi connectivity index (χ1v) is 10.7. The first kappa shape index (κ1) is 22.6. The monoisotopic (exact) mass is 470 g/mol. The molecule has 2 heterocycles. The van der Waals surface area contributed by atoms with Crippen molar-refractivity contribution in [2.24, 2.45) is 11.8 Å². The Bertz CT molecular complexity index is 1080. The number of halogens is 1. The second-order valence-electron chi connectivity index (χ2n) is 7.89. The van der Waals surface area contributed by atoms with Crippen LogP contribution in [-0.4, -0.2) is 36.1 Å². The molecule has 11 heteroatoms. The molecule has 4 atom stereocenters. The summed E-state index contributed by atoms with van der Waals surface area (Å²) in [6, 6.07) is 13.5. The molecule has 0 aromatic heterocycles. The largest absolute Gasteiger partial charge is 0.353 e. The molecule has 2 aromatic rings. The molecule has 0 bridgehead atoms. The standard InChI is InChI=1S/C22H23ClN6O4/c1-11(30)24-13-6-8-14(9-7-13)25-20(32)16-10-17(31)27-19-18(16)21(33)29-22(28-19)26-15-4-2-12(23)3-5-15/h2-9,16,18-19,22,26,28H,10H2,1H3,(H,24,30)(H,25,32)(H,27,31)(H,29,33). The molecule has 2 fully saturated rings. The van der Waals surface area contributed by atoms with Crippen LogP contribution in [-0.2, 0) is 19.2 Å². The molecule has 0 aliphatic carbocycles. The smallest absolute Gasteiger partial charge is 0.229 e. The predicted octanol–water partition coefficient (Wildman–Crippen LogP) is 1.43. The topological polar surface area (TPSA) is 140 Å². The Morgan fingerprint density at radius 3 is 2.15 bits per heavy atom. The van der Waals surface area contributed by atoms with Gasteiger partial charge in [0.2, 0.25) is 23.6 Å². The summed E-state index contributed by atoms with van der Waals surface area (Å²) in [5.74, 6) is -2.97. The summed E-state index contributed by atoms with van der Waals surface area (Å²) in [5.41, 5.74) is 1.80. The number of hydrogen-bond donors (Lipinski definition) is 6. The van der Waals surface area contributed by atoms with Crippen LogP contribution in [0, 0.1) is 11.8 Å². The van der Waals surface area contributed by atoms with Crippen molar-refractivity contribution >= 4 is 52.3 Å². The highest BCUT2D eigenvalue weighted by Gasteiger charge is 2.48. The Labute approximate surface area is 194 Å². The van der Waals surface area contributed by atoms with Crippen molar-refractivity contribution in [3.63, 3.8) is 0 Å². The van der Waals surface area contributed by atoms with Gasteiger partial charge >= 0.3 is 0 Å². The van der Waals surface area contributed by atoms with Crippen molar-refractivity contribution < 1.29 is 19.2 Å². The third kappa shape index (κ3) is 5.41. The highest BCUT2D eigenvalue weighted by molar-refractivity contribution is 6.30. The molecule has 2 aromatic carbocycles. The average Bonchev–Trinajstić information content (AvgIpc) is 2.75. The minimum Gasteiger partial charge on any atom is -0.353 e. The zero-order valence-electron chi connectivity index (χ0n) is 17.6. The number of carbonyl (C=O) groups is 4. The zero-order chi connectivity index (χ0) is 23.5. The van der Waals surface area contributed by atoms with Crippen LogP contribution in [0.1, 0.15) is 13.3 Å². The van der Waals surface area contributed by atoms with Crippen molar-refractivity contribution in [2.45, 2.75) is 25.8 Å². The molecule has 4 amide bonds. The second-order valence-corrected chi connectivity index (χ2v) is 8.33. The lowest BCUT2D eigenvalue weighted by Crippen LogP contribution is -2.72. The summed E-state index contributed by atoms with van der Waals surface area (Å²) in [4.78, 5) is 49.4. The van der Waals surface area contributed by atoms with E-state index in [1.54, 1.807) is 48.5 Å². The zero-order valence-corrected chi connectivity index (χ0v) is 18.4. The molecule has 2 aliphatic heterocycles. The van der Waals surface area contributed by atoms with E-state index in [2.05, 4.69) is 31.9 Å². The predicted molar refractivity (Wildman–Crippen MR) is 123 cm³/mol. The van der Waals surface area contributed by atoms with Gasteiger partial charge in [-0.05, 0) is 48.5 Å². The third-order valence-electron chi connectivity index (χ3n) is 5.41. The molecular formula is C22H23ClN6O4. The highest BCUT2D eigenvalue weighted by Crippen LogP contribution is 2.28. The van der Waals surface area contributed by atoms with Crippen molar-refractivity contribution in [1.29, 1.82) is 0 Å². The minimum absolute atomic E-state index is 0.110. The van der Waals surface area contributed by atoms with Gasteiger partial charge in [-0.1, -0.05) is 11.6 Å². The van der Waals surface area contributed by atoms with Crippen LogP contribution >= 0.6 is 11.6 Å². The molecule has 0 radical (unpaired) electrons. The van der Waals surface area contributed by atoms with E-state index in [1.807, 2.05) is 0 Å². The maximum absolute atomic E-state index is 13.0.